The molecule has 0 aromatic heterocycles. The van der Waals surface area contributed by atoms with Crippen LogP contribution < -0.4 is 10.6 Å². The van der Waals surface area contributed by atoms with Crippen molar-refractivity contribution in [3.8, 4) is 5.75 Å². The minimum atomic E-state index is -0.104. The fourth-order valence-corrected chi connectivity index (χ4v) is 1.99. The summed E-state index contributed by atoms with van der Waals surface area (Å²) in [4.78, 5) is 11.9. The third-order valence-corrected chi connectivity index (χ3v) is 3.10. The highest BCUT2D eigenvalue weighted by molar-refractivity contribution is 5.95. The monoisotopic (exact) mass is 234 g/mol. The van der Waals surface area contributed by atoms with Crippen LogP contribution in [0.3, 0.4) is 0 Å². The number of carbonyl (C=O) groups is 1. The Bertz CT molecular complexity index is 412. The molecule has 1 heterocycles. The van der Waals surface area contributed by atoms with Crippen LogP contribution in [0.2, 0.25) is 0 Å². The van der Waals surface area contributed by atoms with E-state index < -0.39 is 0 Å². The lowest BCUT2D eigenvalue weighted by Gasteiger charge is -2.22. The summed E-state index contributed by atoms with van der Waals surface area (Å²) in [6.07, 6.45) is 3.10. The van der Waals surface area contributed by atoms with Gasteiger partial charge in [0, 0.05) is 11.8 Å². The topological polar surface area (TPSA) is 61.4 Å². The Morgan fingerprint density at radius 3 is 2.94 bits per heavy atom. The van der Waals surface area contributed by atoms with Crippen LogP contribution in [0.5, 0.6) is 5.75 Å². The number of phenols is 1. The van der Waals surface area contributed by atoms with Crippen molar-refractivity contribution in [3.63, 3.8) is 0 Å². The van der Waals surface area contributed by atoms with E-state index in [9.17, 15) is 9.90 Å². The van der Waals surface area contributed by atoms with E-state index in [2.05, 4.69) is 10.6 Å². The van der Waals surface area contributed by atoms with Crippen LogP contribution in [-0.4, -0.2) is 23.6 Å². The van der Waals surface area contributed by atoms with Gasteiger partial charge in [0.1, 0.15) is 5.75 Å². The third kappa shape index (κ3) is 2.97. The molecule has 0 aliphatic carbocycles. The summed E-state index contributed by atoms with van der Waals surface area (Å²) in [5, 5.41) is 15.6. The van der Waals surface area contributed by atoms with E-state index in [1.165, 1.54) is 0 Å². The summed E-state index contributed by atoms with van der Waals surface area (Å²) in [6, 6.07) is 5.07. The summed E-state index contributed by atoms with van der Waals surface area (Å²) in [7, 11) is 0. The molecular weight excluding hydrogens is 216 g/mol. The molecule has 0 radical (unpaired) electrons. The Kier molecular flexibility index (Phi) is 3.64. The lowest BCUT2D eigenvalue weighted by Crippen LogP contribution is -2.43. The van der Waals surface area contributed by atoms with E-state index in [-0.39, 0.29) is 17.7 Å². The highest BCUT2D eigenvalue weighted by atomic mass is 16.3. The Hall–Kier alpha value is -1.55. The van der Waals surface area contributed by atoms with Gasteiger partial charge < -0.3 is 15.7 Å². The van der Waals surface area contributed by atoms with Gasteiger partial charge in [0.05, 0.1) is 6.04 Å². The van der Waals surface area contributed by atoms with Crippen molar-refractivity contribution in [3.05, 3.63) is 23.8 Å². The van der Waals surface area contributed by atoms with Gasteiger partial charge in [0.15, 0.2) is 0 Å². The molecule has 0 unspecified atom stereocenters. The largest absolute Gasteiger partial charge is 0.508 e. The number of benzene rings is 1. The maximum atomic E-state index is 11.9. The Morgan fingerprint density at radius 2 is 2.29 bits per heavy atom. The lowest BCUT2D eigenvalue weighted by molar-refractivity contribution is -0.118. The molecule has 1 aliphatic heterocycles. The van der Waals surface area contributed by atoms with Gasteiger partial charge in [-0.15, -0.1) is 0 Å². The van der Waals surface area contributed by atoms with E-state index in [0.29, 0.717) is 5.69 Å². The molecule has 1 atom stereocenters. The smallest absolute Gasteiger partial charge is 0.241 e. The minimum Gasteiger partial charge on any atom is -0.508 e. The van der Waals surface area contributed by atoms with Gasteiger partial charge in [-0.3, -0.25) is 4.79 Å². The van der Waals surface area contributed by atoms with Crippen molar-refractivity contribution in [2.75, 3.05) is 11.9 Å². The van der Waals surface area contributed by atoms with Crippen LogP contribution in [0.25, 0.3) is 0 Å². The predicted molar refractivity (Wildman–Crippen MR) is 67.1 cm³/mol. The predicted octanol–water partition coefficient (Wildman–Crippen LogP) is 1.78. The summed E-state index contributed by atoms with van der Waals surface area (Å²) < 4.78 is 0. The fourth-order valence-electron chi connectivity index (χ4n) is 1.99. The third-order valence-electron chi connectivity index (χ3n) is 3.10. The van der Waals surface area contributed by atoms with Crippen LogP contribution >= 0.6 is 0 Å². The molecule has 92 valence electrons. The summed E-state index contributed by atoms with van der Waals surface area (Å²) in [5.41, 5.74) is 1.45. The molecule has 1 aromatic rings. The molecule has 4 heteroatoms. The van der Waals surface area contributed by atoms with Crippen LogP contribution in [0.4, 0.5) is 5.69 Å². The van der Waals surface area contributed by atoms with Gasteiger partial charge in [0.25, 0.3) is 0 Å². The average Bonchev–Trinajstić information content (AvgIpc) is 2.35. The standard InChI is InChI=1S/C13H18N2O2/c1-9-5-6-10(8-12(9)16)15-13(17)11-4-2-3-7-14-11/h5-6,8,11,14,16H,2-4,7H2,1H3,(H,15,17)/t11-/m0/s1. The van der Waals surface area contributed by atoms with Crippen molar-refractivity contribution in [2.24, 2.45) is 0 Å². The van der Waals surface area contributed by atoms with Gasteiger partial charge >= 0.3 is 0 Å². The van der Waals surface area contributed by atoms with Crippen LogP contribution in [-0.2, 0) is 4.79 Å². The Balaban J connectivity index is 1.99. The molecule has 1 amide bonds. The summed E-state index contributed by atoms with van der Waals surface area (Å²) in [5.74, 6) is 0.187. The number of aromatic hydroxyl groups is 1. The molecular formula is C13H18N2O2. The van der Waals surface area contributed by atoms with Crippen molar-refractivity contribution < 1.29 is 9.90 Å². The maximum absolute atomic E-state index is 11.9. The van der Waals surface area contributed by atoms with E-state index in [4.69, 9.17) is 0 Å². The first-order valence-electron chi connectivity index (χ1n) is 6.00. The maximum Gasteiger partial charge on any atom is 0.241 e. The summed E-state index contributed by atoms with van der Waals surface area (Å²) >= 11 is 0. The van der Waals surface area contributed by atoms with Gasteiger partial charge in [-0.25, -0.2) is 0 Å². The van der Waals surface area contributed by atoms with E-state index >= 15 is 0 Å². The molecule has 4 nitrogen and oxygen atoms in total. The molecule has 0 bridgehead atoms. The second kappa shape index (κ2) is 5.19. The number of hydrogen-bond acceptors (Lipinski definition) is 3. The number of rotatable bonds is 2. The first kappa shape index (κ1) is 11.9. The first-order chi connectivity index (χ1) is 8.16. The minimum absolute atomic E-state index is 0.0204. The molecule has 1 aliphatic rings. The van der Waals surface area contributed by atoms with Gasteiger partial charge in [-0.2, -0.15) is 0 Å². The normalized spacial score (nSPS) is 19.9. The molecule has 1 fully saturated rings. The van der Waals surface area contributed by atoms with Gasteiger partial charge in [-0.05, 0) is 37.9 Å². The van der Waals surface area contributed by atoms with Gasteiger partial charge in [-0.1, -0.05) is 12.5 Å². The van der Waals surface area contributed by atoms with Gasteiger partial charge in [0.2, 0.25) is 5.91 Å². The van der Waals surface area contributed by atoms with Crippen LogP contribution in [0, 0.1) is 6.92 Å². The molecule has 1 aromatic carbocycles. The van der Waals surface area contributed by atoms with Crippen molar-refractivity contribution in [1.29, 1.82) is 0 Å². The highest BCUT2D eigenvalue weighted by Crippen LogP contribution is 2.21. The number of amides is 1. The first-order valence-corrected chi connectivity index (χ1v) is 6.00. The zero-order valence-electron chi connectivity index (χ0n) is 9.99. The van der Waals surface area contributed by atoms with E-state index in [1.807, 2.05) is 6.92 Å². The molecule has 3 N–H and O–H groups in total. The zero-order valence-corrected chi connectivity index (χ0v) is 9.99. The SMILES string of the molecule is Cc1ccc(NC(=O)[C@@H]2CCCCN2)cc1O. The highest BCUT2D eigenvalue weighted by Gasteiger charge is 2.20. The second-order valence-electron chi connectivity index (χ2n) is 4.49. The number of carbonyl (C=O) groups excluding carboxylic acids is 1. The van der Waals surface area contributed by atoms with E-state index in [0.717, 1.165) is 31.4 Å². The lowest BCUT2D eigenvalue weighted by atomic mass is 10.0. The zero-order chi connectivity index (χ0) is 12.3. The number of piperidine rings is 1. The number of hydrogen-bond donors (Lipinski definition) is 3. The molecule has 1 saturated heterocycles. The number of phenolic OH excluding ortho intramolecular Hbond substituents is 1. The van der Waals surface area contributed by atoms with E-state index in [1.54, 1.807) is 18.2 Å². The molecule has 2 rings (SSSR count). The van der Waals surface area contributed by atoms with Crippen molar-refractivity contribution in [2.45, 2.75) is 32.2 Å². The molecule has 0 spiro atoms. The summed E-state index contributed by atoms with van der Waals surface area (Å²) in [6.45, 7) is 2.72. The molecule has 0 saturated carbocycles. The average molecular weight is 234 g/mol. The number of nitrogens with one attached hydrogen (secondary N) is 2. The Morgan fingerprint density at radius 1 is 1.47 bits per heavy atom. The quantitative estimate of drug-likeness (QED) is 0.731. The van der Waals surface area contributed by atoms with Crippen LogP contribution in [0.1, 0.15) is 24.8 Å². The van der Waals surface area contributed by atoms with Crippen LogP contribution in [0.15, 0.2) is 18.2 Å². The van der Waals surface area contributed by atoms with Crippen molar-refractivity contribution >= 4 is 11.6 Å². The molecule has 17 heavy (non-hydrogen) atoms. The second-order valence-corrected chi connectivity index (χ2v) is 4.49. The Labute approximate surface area is 101 Å². The number of anilines is 1. The van der Waals surface area contributed by atoms with Crippen molar-refractivity contribution in [1.82, 2.24) is 5.32 Å². The fraction of sp³-hybridized carbons (Fsp3) is 0.462. The number of aryl methyl sites for hydroxylation is 1.